The second-order valence-electron chi connectivity index (χ2n) is 6.16. The van der Waals surface area contributed by atoms with E-state index in [4.69, 9.17) is 4.74 Å². The standard InChI is InChI=1S/C17H22FN3O3/c18-14-10-12(5-6-15(14)21-7-1-2-8-21)20-17(23)16(22)19-11-13-4-3-9-24-13/h5-6,10,13H,1-4,7-9,11H2,(H,19,22)(H,20,23). The molecule has 6 nitrogen and oxygen atoms in total. The zero-order chi connectivity index (χ0) is 16.9. The van der Waals surface area contributed by atoms with E-state index in [0.717, 1.165) is 38.8 Å². The van der Waals surface area contributed by atoms with Crippen molar-refractivity contribution in [2.45, 2.75) is 31.8 Å². The average Bonchev–Trinajstić information content (AvgIpc) is 3.26. The summed E-state index contributed by atoms with van der Waals surface area (Å²) in [6.45, 7) is 2.69. The van der Waals surface area contributed by atoms with Crippen LogP contribution >= 0.6 is 0 Å². The Morgan fingerprint density at radius 1 is 1.21 bits per heavy atom. The Bertz CT molecular complexity index is 611. The molecule has 7 heteroatoms. The van der Waals surface area contributed by atoms with Gasteiger partial charge in [0, 0.05) is 31.9 Å². The minimum Gasteiger partial charge on any atom is -0.376 e. The molecule has 2 aliphatic rings. The van der Waals surface area contributed by atoms with E-state index in [2.05, 4.69) is 10.6 Å². The van der Waals surface area contributed by atoms with Gasteiger partial charge in [0.15, 0.2) is 0 Å². The van der Waals surface area contributed by atoms with E-state index >= 15 is 0 Å². The average molecular weight is 335 g/mol. The van der Waals surface area contributed by atoms with Crippen molar-refractivity contribution in [1.82, 2.24) is 5.32 Å². The fourth-order valence-electron chi connectivity index (χ4n) is 3.08. The van der Waals surface area contributed by atoms with Crippen molar-refractivity contribution in [2.75, 3.05) is 36.5 Å². The van der Waals surface area contributed by atoms with Crippen molar-refractivity contribution >= 4 is 23.2 Å². The molecule has 3 rings (SSSR count). The third-order valence-corrected chi connectivity index (χ3v) is 4.37. The summed E-state index contributed by atoms with van der Waals surface area (Å²) in [4.78, 5) is 25.6. The summed E-state index contributed by atoms with van der Waals surface area (Å²) >= 11 is 0. The molecule has 2 heterocycles. The second kappa shape index (κ2) is 7.61. The summed E-state index contributed by atoms with van der Waals surface area (Å²) in [5, 5.41) is 4.96. The highest BCUT2D eigenvalue weighted by Crippen LogP contribution is 2.26. The number of rotatable bonds is 4. The van der Waals surface area contributed by atoms with Crippen molar-refractivity contribution in [2.24, 2.45) is 0 Å². The summed E-state index contributed by atoms with van der Waals surface area (Å²) in [7, 11) is 0. The number of nitrogens with zero attached hydrogens (tertiary/aromatic N) is 1. The van der Waals surface area contributed by atoms with Crippen molar-refractivity contribution in [3.63, 3.8) is 0 Å². The molecule has 1 aromatic carbocycles. The van der Waals surface area contributed by atoms with Crippen molar-refractivity contribution < 1.29 is 18.7 Å². The predicted octanol–water partition coefficient (Wildman–Crippen LogP) is 1.66. The molecule has 2 N–H and O–H groups in total. The maximum atomic E-state index is 14.2. The number of amides is 2. The van der Waals surface area contributed by atoms with E-state index in [0.29, 0.717) is 18.8 Å². The lowest BCUT2D eigenvalue weighted by Gasteiger charge is -2.18. The minimum atomic E-state index is -0.804. The van der Waals surface area contributed by atoms with E-state index in [1.54, 1.807) is 12.1 Å². The molecule has 1 aromatic rings. The third kappa shape index (κ3) is 4.03. The van der Waals surface area contributed by atoms with Crippen LogP contribution in [0.15, 0.2) is 18.2 Å². The normalized spacial score (nSPS) is 20.2. The topological polar surface area (TPSA) is 70.7 Å². The lowest BCUT2D eigenvalue weighted by Crippen LogP contribution is -2.39. The predicted molar refractivity (Wildman–Crippen MR) is 88.5 cm³/mol. The van der Waals surface area contributed by atoms with Gasteiger partial charge in [-0.15, -0.1) is 0 Å². The first-order chi connectivity index (χ1) is 11.6. The fourth-order valence-corrected chi connectivity index (χ4v) is 3.08. The molecule has 0 bridgehead atoms. The molecule has 1 atom stereocenters. The molecular formula is C17H22FN3O3. The Balaban J connectivity index is 1.53. The van der Waals surface area contributed by atoms with Gasteiger partial charge in [-0.3, -0.25) is 9.59 Å². The van der Waals surface area contributed by atoms with Crippen LogP contribution in [0.4, 0.5) is 15.8 Å². The molecular weight excluding hydrogens is 313 g/mol. The quantitative estimate of drug-likeness (QED) is 0.821. The van der Waals surface area contributed by atoms with E-state index in [9.17, 15) is 14.0 Å². The van der Waals surface area contributed by atoms with Crippen molar-refractivity contribution in [3.05, 3.63) is 24.0 Å². The Morgan fingerprint density at radius 3 is 2.67 bits per heavy atom. The van der Waals surface area contributed by atoms with Crippen molar-refractivity contribution in [3.8, 4) is 0 Å². The van der Waals surface area contributed by atoms with E-state index in [-0.39, 0.29) is 11.8 Å². The smallest absolute Gasteiger partial charge is 0.313 e. The summed E-state index contributed by atoms with van der Waals surface area (Å²) in [5.74, 6) is -1.94. The van der Waals surface area contributed by atoms with Crippen LogP contribution in [0.5, 0.6) is 0 Å². The molecule has 24 heavy (non-hydrogen) atoms. The number of hydrogen-bond donors (Lipinski definition) is 2. The van der Waals surface area contributed by atoms with Crippen LogP contribution in [0.2, 0.25) is 0 Å². The maximum absolute atomic E-state index is 14.2. The van der Waals surface area contributed by atoms with Gasteiger partial charge in [0.05, 0.1) is 11.8 Å². The van der Waals surface area contributed by atoms with Gasteiger partial charge in [-0.1, -0.05) is 0 Å². The minimum absolute atomic E-state index is 0.0288. The molecule has 0 spiro atoms. The maximum Gasteiger partial charge on any atom is 0.313 e. The molecule has 2 fully saturated rings. The third-order valence-electron chi connectivity index (χ3n) is 4.37. The van der Waals surface area contributed by atoms with Gasteiger partial charge in [0.2, 0.25) is 0 Å². The lowest BCUT2D eigenvalue weighted by atomic mass is 10.2. The summed E-state index contributed by atoms with van der Waals surface area (Å²) in [6, 6.07) is 4.50. The highest BCUT2D eigenvalue weighted by Gasteiger charge is 2.20. The molecule has 2 amide bonds. The van der Waals surface area contributed by atoms with Crippen LogP contribution in [-0.2, 0) is 14.3 Å². The monoisotopic (exact) mass is 335 g/mol. The molecule has 0 saturated carbocycles. The van der Waals surface area contributed by atoms with Gasteiger partial charge in [-0.05, 0) is 43.9 Å². The lowest BCUT2D eigenvalue weighted by molar-refractivity contribution is -0.136. The van der Waals surface area contributed by atoms with Crippen LogP contribution < -0.4 is 15.5 Å². The van der Waals surface area contributed by atoms with Crippen LogP contribution in [0.25, 0.3) is 0 Å². The van der Waals surface area contributed by atoms with Crippen LogP contribution in [0.1, 0.15) is 25.7 Å². The van der Waals surface area contributed by atoms with E-state index in [1.165, 1.54) is 6.07 Å². The molecule has 1 unspecified atom stereocenters. The van der Waals surface area contributed by atoms with Gasteiger partial charge in [-0.2, -0.15) is 0 Å². The number of anilines is 2. The van der Waals surface area contributed by atoms with Crippen LogP contribution in [-0.4, -0.2) is 44.2 Å². The summed E-state index contributed by atoms with van der Waals surface area (Å²) < 4.78 is 19.6. The van der Waals surface area contributed by atoms with E-state index in [1.807, 2.05) is 4.90 Å². The first-order valence-corrected chi connectivity index (χ1v) is 8.39. The van der Waals surface area contributed by atoms with Gasteiger partial charge in [0.25, 0.3) is 0 Å². The first kappa shape index (κ1) is 16.7. The highest BCUT2D eigenvalue weighted by atomic mass is 19.1. The first-order valence-electron chi connectivity index (χ1n) is 8.39. The zero-order valence-corrected chi connectivity index (χ0v) is 13.5. The zero-order valence-electron chi connectivity index (χ0n) is 13.5. The Hall–Kier alpha value is -2.15. The number of ether oxygens (including phenoxy) is 1. The Morgan fingerprint density at radius 2 is 2.00 bits per heavy atom. The number of carbonyl (C=O) groups excluding carboxylic acids is 2. The molecule has 2 saturated heterocycles. The molecule has 130 valence electrons. The van der Waals surface area contributed by atoms with Crippen molar-refractivity contribution in [1.29, 1.82) is 0 Å². The van der Waals surface area contributed by atoms with Gasteiger partial charge < -0.3 is 20.3 Å². The summed E-state index contributed by atoms with van der Waals surface area (Å²) in [6.07, 6.45) is 3.94. The number of benzene rings is 1. The molecule has 0 aromatic heterocycles. The van der Waals surface area contributed by atoms with Crippen LogP contribution in [0, 0.1) is 5.82 Å². The SMILES string of the molecule is O=C(NCC1CCCO1)C(=O)Nc1ccc(N2CCCC2)c(F)c1. The molecule has 0 radical (unpaired) electrons. The Kier molecular flexibility index (Phi) is 5.30. The number of carbonyl (C=O) groups is 2. The number of hydrogen-bond acceptors (Lipinski definition) is 4. The highest BCUT2D eigenvalue weighted by molar-refractivity contribution is 6.39. The fraction of sp³-hybridized carbons (Fsp3) is 0.529. The number of halogens is 1. The van der Waals surface area contributed by atoms with Gasteiger partial charge >= 0.3 is 11.8 Å². The second-order valence-corrected chi connectivity index (χ2v) is 6.16. The Labute approximate surface area is 140 Å². The summed E-state index contributed by atoms with van der Waals surface area (Å²) in [5.41, 5.74) is 0.807. The van der Waals surface area contributed by atoms with Gasteiger partial charge in [-0.25, -0.2) is 4.39 Å². The molecule has 0 aliphatic carbocycles. The molecule has 2 aliphatic heterocycles. The van der Waals surface area contributed by atoms with E-state index < -0.39 is 17.6 Å². The largest absolute Gasteiger partial charge is 0.376 e. The number of nitrogens with one attached hydrogen (secondary N) is 2. The van der Waals surface area contributed by atoms with Gasteiger partial charge in [0.1, 0.15) is 5.82 Å². The van der Waals surface area contributed by atoms with Crippen LogP contribution in [0.3, 0.4) is 0 Å².